The molecule has 4 aromatic rings. The van der Waals surface area contributed by atoms with Crippen LogP contribution < -0.4 is 9.62 Å². The van der Waals surface area contributed by atoms with Crippen LogP contribution in [-0.4, -0.2) is 43.8 Å². The number of carbonyl (C=O) groups excluding carboxylic acids is 2. The van der Waals surface area contributed by atoms with E-state index in [1.165, 1.54) is 17.0 Å². The summed E-state index contributed by atoms with van der Waals surface area (Å²) in [5.74, 6) is -0.780. The molecule has 10 heteroatoms. The van der Waals surface area contributed by atoms with E-state index < -0.39 is 28.5 Å². The van der Waals surface area contributed by atoms with Gasteiger partial charge in [-0.2, -0.15) is 0 Å². The highest BCUT2D eigenvalue weighted by Gasteiger charge is 2.35. The normalized spacial score (nSPS) is 14.1. The fourth-order valence-corrected chi connectivity index (χ4v) is 7.66. The van der Waals surface area contributed by atoms with Gasteiger partial charge >= 0.3 is 0 Å². The molecule has 1 atom stereocenters. The first-order valence-electron chi connectivity index (χ1n) is 14.9. The minimum absolute atomic E-state index is 0.0375. The molecular weight excluding hydrogens is 674 g/mol. The SMILES string of the molecule is O=C(NC1CCCC1)[C@@H](Cc1ccccc1)N(Cc1cccc(Cl)c1)C(=O)CN(c1cccc(Br)c1)S(=O)(=O)c1ccccc1. The van der Waals surface area contributed by atoms with Crippen LogP contribution in [0.25, 0.3) is 0 Å². The average molecular weight is 709 g/mol. The highest BCUT2D eigenvalue weighted by Crippen LogP contribution is 2.28. The van der Waals surface area contributed by atoms with Gasteiger partial charge in [-0.05, 0) is 66.4 Å². The number of hydrogen-bond acceptors (Lipinski definition) is 4. The van der Waals surface area contributed by atoms with Crippen LogP contribution in [0.3, 0.4) is 0 Å². The molecule has 0 radical (unpaired) electrons. The van der Waals surface area contributed by atoms with Crippen molar-refractivity contribution in [1.29, 1.82) is 0 Å². The van der Waals surface area contributed by atoms with E-state index in [-0.39, 0.29) is 29.8 Å². The van der Waals surface area contributed by atoms with Crippen molar-refractivity contribution in [3.63, 3.8) is 0 Å². The Morgan fingerprint density at radius 1 is 0.844 bits per heavy atom. The Bertz CT molecular complexity index is 1720. The molecule has 0 unspecified atom stereocenters. The van der Waals surface area contributed by atoms with Gasteiger partial charge in [-0.15, -0.1) is 0 Å². The zero-order valence-corrected chi connectivity index (χ0v) is 27.8. The summed E-state index contributed by atoms with van der Waals surface area (Å²) in [6.45, 7) is -0.455. The lowest BCUT2D eigenvalue weighted by Gasteiger charge is -2.34. The molecule has 0 heterocycles. The molecule has 2 amide bonds. The monoisotopic (exact) mass is 707 g/mol. The summed E-state index contributed by atoms with van der Waals surface area (Å²) >= 11 is 9.76. The maximum absolute atomic E-state index is 14.5. The second kappa shape index (κ2) is 15.1. The molecule has 45 heavy (non-hydrogen) atoms. The fourth-order valence-electron chi connectivity index (χ4n) is 5.63. The van der Waals surface area contributed by atoms with Crippen molar-refractivity contribution in [3.8, 4) is 0 Å². The first-order valence-corrected chi connectivity index (χ1v) is 17.5. The fraction of sp³-hybridized carbons (Fsp3) is 0.257. The quantitative estimate of drug-likeness (QED) is 0.172. The molecule has 1 aliphatic rings. The molecule has 1 aliphatic carbocycles. The summed E-state index contributed by atoms with van der Waals surface area (Å²) in [5.41, 5.74) is 1.93. The van der Waals surface area contributed by atoms with Crippen molar-refractivity contribution < 1.29 is 18.0 Å². The molecule has 4 aromatic carbocycles. The summed E-state index contributed by atoms with van der Waals surface area (Å²) < 4.78 is 29.9. The van der Waals surface area contributed by atoms with Crippen molar-refractivity contribution in [1.82, 2.24) is 10.2 Å². The Morgan fingerprint density at radius 2 is 1.49 bits per heavy atom. The lowest BCUT2D eigenvalue weighted by atomic mass is 10.0. The van der Waals surface area contributed by atoms with E-state index in [9.17, 15) is 18.0 Å². The van der Waals surface area contributed by atoms with Crippen molar-refractivity contribution in [2.75, 3.05) is 10.8 Å². The maximum atomic E-state index is 14.5. The molecule has 0 saturated heterocycles. The molecule has 1 saturated carbocycles. The van der Waals surface area contributed by atoms with Gasteiger partial charge in [-0.25, -0.2) is 8.42 Å². The number of halogens is 2. The third-order valence-corrected chi connectivity index (χ3v) is 10.4. The van der Waals surface area contributed by atoms with E-state index in [0.717, 1.165) is 41.1 Å². The van der Waals surface area contributed by atoms with Gasteiger partial charge in [0.2, 0.25) is 11.8 Å². The second-order valence-electron chi connectivity index (χ2n) is 11.2. The van der Waals surface area contributed by atoms with E-state index in [4.69, 9.17) is 11.6 Å². The van der Waals surface area contributed by atoms with Crippen LogP contribution in [0.15, 0.2) is 119 Å². The minimum atomic E-state index is -4.16. The van der Waals surface area contributed by atoms with Crippen LogP contribution in [0.5, 0.6) is 0 Å². The summed E-state index contributed by atoms with van der Waals surface area (Å²) in [4.78, 5) is 30.2. The largest absolute Gasteiger partial charge is 0.352 e. The van der Waals surface area contributed by atoms with Gasteiger partial charge in [0, 0.05) is 28.5 Å². The van der Waals surface area contributed by atoms with Gasteiger partial charge in [0.25, 0.3) is 10.0 Å². The van der Waals surface area contributed by atoms with Crippen LogP contribution in [0.4, 0.5) is 5.69 Å². The predicted octanol–water partition coefficient (Wildman–Crippen LogP) is 7.00. The van der Waals surface area contributed by atoms with E-state index in [1.54, 1.807) is 60.7 Å². The Kier molecular flexibility index (Phi) is 11.0. The minimum Gasteiger partial charge on any atom is -0.352 e. The maximum Gasteiger partial charge on any atom is 0.264 e. The highest BCUT2D eigenvalue weighted by atomic mass is 79.9. The number of benzene rings is 4. The number of rotatable bonds is 12. The number of nitrogens with one attached hydrogen (secondary N) is 1. The zero-order chi connectivity index (χ0) is 31.8. The third kappa shape index (κ3) is 8.54. The van der Waals surface area contributed by atoms with Gasteiger partial charge in [0.15, 0.2) is 0 Å². The Hall–Kier alpha value is -3.66. The molecule has 234 valence electrons. The first kappa shape index (κ1) is 32.7. The van der Waals surface area contributed by atoms with Crippen molar-refractivity contribution in [3.05, 3.63) is 130 Å². The summed E-state index contributed by atoms with van der Waals surface area (Å²) in [6.07, 6.45) is 4.11. The van der Waals surface area contributed by atoms with Crippen molar-refractivity contribution in [2.24, 2.45) is 0 Å². The Labute approximate surface area is 278 Å². The molecule has 7 nitrogen and oxygen atoms in total. The Morgan fingerprint density at radius 3 is 2.16 bits per heavy atom. The number of carbonyl (C=O) groups is 2. The molecule has 0 aromatic heterocycles. The van der Waals surface area contributed by atoms with Gasteiger partial charge in [-0.3, -0.25) is 13.9 Å². The average Bonchev–Trinajstić information content (AvgIpc) is 3.55. The summed E-state index contributed by atoms with van der Waals surface area (Å²) in [5, 5.41) is 3.68. The third-order valence-electron chi connectivity index (χ3n) is 7.92. The highest BCUT2D eigenvalue weighted by molar-refractivity contribution is 9.10. The van der Waals surface area contributed by atoms with Gasteiger partial charge in [0.05, 0.1) is 10.6 Å². The van der Waals surface area contributed by atoms with E-state index in [0.29, 0.717) is 15.2 Å². The van der Waals surface area contributed by atoms with Gasteiger partial charge in [-0.1, -0.05) is 107 Å². The van der Waals surface area contributed by atoms with E-state index in [2.05, 4.69) is 21.2 Å². The molecular formula is C35H35BrClN3O4S. The zero-order valence-electron chi connectivity index (χ0n) is 24.7. The number of anilines is 1. The van der Waals surface area contributed by atoms with Crippen LogP contribution in [0.2, 0.25) is 5.02 Å². The Balaban J connectivity index is 1.56. The van der Waals surface area contributed by atoms with Crippen LogP contribution in [-0.2, 0) is 32.6 Å². The van der Waals surface area contributed by atoms with Crippen LogP contribution in [0.1, 0.15) is 36.8 Å². The topological polar surface area (TPSA) is 86.8 Å². The molecule has 0 aliphatic heterocycles. The summed E-state index contributed by atoms with van der Waals surface area (Å²) in [6, 6.07) is 30.6. The van der Waals surface area contributed by atoms with Crippen LogP contribution >= 0.6 is 27.5 Å². The van der Waals surface area contributed by atoms with Gasteiger partial charge < -0.3 is 10.2 Å². The molecule has 1 fully saturated rings. The first-order chi connectivity index (χ1) is 21.7. The number of hydrogen-bond donors (Lipinski definition) is 1. The van der Waals surface area contributed by atoms with Crippen LogP contribution in [0, 0.1) is 0 Å². The number of nitrogens with zero attached hydrogens (tertiary/aromatic N) is 2. The molecule has 0 spiro atoms. The predicted molar refractivity (Wildman–Crippen MR) is 181 cm³/mol. The molecule has 5 rings (SSSR count). The second-order valence-corrected chi connectivity index (χ2v) is 14.4. The summed E-state index contributed by atoms with van der Waals surface area (Å²) in [7, 11) is -4.16. The molecule has 1 N–H and O–H groups in total. The lowest BCUT2D eigenvalue weighted by molar-refractivity contribution is -0.140. The standard InChI is InChI=1S/C35H35BrClN3O4S/c36-28-14-10-18-31(23-28)40(45(43,44)32-19-5-2-6-20-32)25-34(41)39(24-27-13-9-15-29(37)21-27)33(22-26-11-3-1-4-12-26)35(42)38-30-16-7-8-17-30/h1-6,9-15,18-21,23,30,33H,7-8,16-17,22,24-25H2,(H,38,42)/t33-/m1/s1. The number of amides is 2. The van der Waals surface area contributed by atoms with Crippen molar-refractivity contribution >= 4 is 55.1 Å². The van der Waals surface area contributed by atoms with Crippen molar-refractivity contribution in [2.45, 2.75) is 55.6 Å². The van der Waals surface area contributed by atoms with E-state index in [1.807, 2.05) is 36.4 Å². The number of sulfonamides is 1. The molecule has 0 bridgehead atoms. The smallest absolute Gasteiger partial charge is 0.264 e. The van der Waals surface area contributed by atoms with E-state index >= 15 is 0 Å². The lowest BCUT2D eigenvalue weighted by Crippen LogP contribution is -2.54. The van der Waals surface area contributed by atoms with Gasteiger partial charge in [0.1, 0.15) is 12.6 Å².